The number of hydrogen-bond acceptors (Lipinski definition) is 3. The van der Waals surface area contributed by atoms with Crippen LogP contribution in [0.4, 0.5) is 5.82 Å². The lowest BCUT2D eigenvalue weighted by atomic mass is 10.2. The first-order chi connectivity index (χ1) is 9.49. The number of anilines is 1. The SMILES string of the molecule is CN(Cc1cc(Cl)cc(Cl)c1)c1ccc(Cl)c(C#N)n1. The number of nitrogens with zero attached hydrogens (tertiary/aromatic N) is 3. The molecule has 0 aliphatic carbocycles. The third-order valence-corrected chi connectivity index (χ3v) is 3.41. The zero-order valence-electron chi connectivity index (χ0n) is 10.6. The average molecular weight is 327 g/mol. The van der Waals surface area contributed by atoms with E-state index in [-0.39, 0.29) is 5.69 Å². The minimum atomic E-state index is 0.208. The Bertz CT molecular complexity index is 660. The van der Waals surface area contributed by atoms with Gasteiger partial charge in [0.2, 0.25) is 0 Å². The van der Waals surface area contributed by atoms with Gasteiger partial charge < -0.3 is 4.90 Å². The Morgan fingerprint density at radius 2 is 1.80 bits per heavy atom. The number of hydrogen-bond donors (Lipinski definition) is 0. The van der Waals surface area contributed by atoms with Gasteiger partial charge in [-0.25, -0.2) is 4.98 Å². The molecule has 102 valence electrons. The summed E-state index contributed by atoms with van der Waals surface area (Å²) in [5, 5.41) is 10.5. The van der Waals surface area contributed by atoms with E-state index in [1.54, 1.807) is 18.2 Å². The van der Waals surface area contributed by atoms with Crippen LogP contribution in [0, 0.1) is 11.3 Å². The maximum absolute atomic E-state index is 8.94. The second-order valence-electron chi connectivity index (χ2n) is 4.25. The van der Waals surface area contributed by atoms with Crippen LogP contribution in [0.15, 0.2) is 30.3 Å². The van der Waals surface area contributed by atoms with Crippen LogP contribution in [0.1, 0.15) is 11.3 Å². The van der Waals surface area contributed by atoms with Gasteiger partial charge in [0.1, 0.15) is 11.9 Å². The average Bonchev–Trinajstić information content (AvgIpc) is 2.37. The molecule has 20 heavy (non-hydrogen) atoms. The van der Waals surface area contributed by atoms with Gasteiger partial charge in [0.25, 0.3) is 0 Å². The summed E-state index contributed by atoms with van der Waals surface area (Å²) in [6.45, 7) is 0.569. The minimum Gasteiger partial charge on any atom is -0.355 e. The molecule has 0 N–H and O–H groups in total. The third kappa shape index (κ3) is 3.55. The maximum atomic E-state index is 8.94. The normalized spacial score (nSPS) is 10.2. The Labute approximate surface area is 132 Å². The Kier molecular flexibility index (Phi) is 4.72. The fourth-order valence-corrected chi connectivity index (χ4v) is 2.50. The van der Waals surface area contributed by atoms with Crippen molar-refractivity contribution >= 4 is 40.6 Å². The lowest BCUT2D eigenvalue weighted by Crippen LogP contribution is -2.18. The summed E-state index contributed by atoms with van der Waals surface area (Å²) in [4.78, 5) is 6.09. The minimum absolute atomic E-state index is 0.208. The van der Waals surface area contributed by atoms with Gasteiger partial charge in [-0.2, -0.15) is 5.26 Å². The molecule has 0 fully saturated rings. The molecule has 0 aliphatic rings. The first kappa shape index (κ1) is 14.9. The summed E-state index contributed by atoms with van der Waals surface area (Å²) in [7, 11) is 1.87. The van der Waals surface area contributed by atoms with Crippen LogP contribution in [0.2, 0.25) is 15.1 Å². The third-order valence-electron chi connectivity index (χ3n) is 2.67. The lowest BCUT2D eigenvalue weighted by molar-refractivity contribution is 0.896. The molecule has 0 unspecified atom stereocenters. The van der Waals surface area contributed by atoms with Gasteiger partial charge in [-0.1, -0.05) is 34.8 Å². The number of benzene rings is 1. The van der Waals surface area contributed by atoms with E-state index < -0.39 is 0 Å². The van der Waals surface area contributed by atoms with Crippen LogP contribution < -0.4 is 4.90 Å². The monoisotopic (exact) mass is 325 g/mol. The fourth-order valence-electron chi connectivity index (χ4n) is 1.78. The molecule has 6 heteroatoms. The van der Waals surface area contributed by atoms with Gasteiger partial charge in [0.15, 0.2) is 5.69 Å². The van der Waals surface area contributed by atoms with Crippen molar-refractivity contribution in [3.05, 3.63) is 56.7 Å². The number of halogens is 3. The number of aromatic nitrogens is 1. The predicted molar refractivity (Wildman–Crippen MR) is 82.5 cm³/mol. The molecule has 3 nitrogen and oxygen atoms in total. The quantitative estimate of drug-likeness (QED) is 0.830. The van der Waals surface area contributed by atoms with Gasteiger partial charge in [0, 0.05) is 23.6 Å². The van der Waals surface area contributed by atoms with Crippen LogP contribution in [-0.2, 0) is 6.54 Å². The van der Waals surface area contributed by atoms with E-state index in [0.717, 1.165) is 5.56 Å². The first-order valence-electron chi connectivity index (χ1n) is 5.72. The lowest BCUT2D eigenvalue weighted by Gasteiger charge is -2.19. The van der Waals surface area contributed by atoms with E-state index in [0.29, 0.717) is 27.4 Å². The maximum Gasteiger partial charge on any atom is 0.161 e. The van der Waals surface area contributed by atoms with Gasteiger partial charge >= 0.3 is 0 Å². The molecule has 2 rings (SSSR count). The molecule has 0 saturated carbocycles. The molecule has 1 aromatic heterocycles. The Hall–Kier alpha value is -1.47. The van der Waals surface area contributed by atoms with Crippen LogP contribution in [0.3, 0.4) is 0 Å². The van der Waals surface area contributed by atoms with Gasteiger partial charge in [-0.05, 0) is 35.9 Å². The highest BCUT2D eigenvalue weighted by Crippen LogP contribution is 2.22. The number of rotatable bonds is 3. The summed E-state index contributed by atoms with van der Waals surface area (Å²) in [5.74, 6) is 0.655. The zero-order valence-corrected chi connectivity index (χ0v) is 12.8. The molecule has 0 saturated heterocycles. The highest BCUT2D eigenvalue weighted by molar-refractivity contribution is 6.34. The zero-order chi connectivity index (χ0) is 14.7. The van der Waals surface area contributed by atoms with E-state index in [4.69, 9.17) is 40.1 Å². The van der Waals surface area contributed by atoms with E-state index in [2.05, 4.69) is 4.98 Å². The van der Waals surface area contributed by atoms with Crippen molar-refractivity contribution < 1.29 is 0 Å². The predicted octanol–water partition coefficient (Wildman–Crippen LogP) is 4.55. The number of pyridine rings is 1. The molecule has 0 amide bonds. The fraction of sp³-hybridized carbons (Fsp3) is 0.143. The molecular weight excluding hydrogens is 317 g/mol. The first-order valence-corrected chi connectivity index (χ1v) is 6.85. The largest absolute Gasteiger partial charge is 0.355 e. The molecule has 2 aromatic rings. The summed E-state index contributed by atoms with van der Waals surface area (Å²) in [6, 6.07) is 10.7. The van der Waals surface area contributed by atoms with Gasteiger partial charge in [-0.3, -0.25) is 0 Å². The van der Waals surface area contributed by atoms with Crippen molar-refractivity contribution in [1.29, 1.82) is 5.26 Å². The number of nitriles is 1. The smallest absolute Gasteiger partial charge is 0.161 e. The van der Waals surface area contributed by atoms with Crippen LogP contribution in [0.25, 0.3) is 0 Å². The second-order valence-corrected chi connectivity index (χ2v) is 5.53. The van der Waals surface area contributed by atoms with E-state index in [1.165, 1.54) is 0 Å². The van der Waals surface area contributed by atoms with E-state index in [1.807, 2.05) is 30.1 Å². The molecular formula is C14H10Cl3N3. The standard InChI is InChI=1S/C14H10Cl3N3/c1-20(8-9-4-10(15)6-11(16)5-9)14-3-2-12(17)13(7-18)19-14/h2-6H,8H2,1H3. The van der Waals surface area contributed by atoms with Crippen LogP contribution in [0.5, 0.6) is 0 Å². The summed E-state index contributed by atoms with van der Waals surface area (Å²) >= 11 is 17.8. The Morgan fingerprint density at radius 1 is 1.15 bits per heavy atom. The molecule has 1 heterocycles. The van der Waals surface area contributed by atoms with Crippen molar-refractivity contribution in [2.45, 2.75) is 6.54 Å². The Morgan fingerprint density at radius 3 is 2.40 bits per heavy atom. The molecule has 0 bridgehead atoms. The molecule has 0 atom stereocenters. The topological polar surface area (TPSA) is 39.9 Å². The van der Waals surface area contributed by atoms with E-state index in [9.17, 15) is 0 Å². The van der Waals surface area contributed by atoms with Crippen molar-refractivity contribution in [3.63, 3.8) is 0 Å². The van der Waals surface area contributed by atoms with Crippen molar-refractivity contribution in [3.8, 4) is 6.07 Å². The van der Waals surface area contributed by atoms with Gasteiger partial charge in [-0.15, -0.1) is 0 Å². The molecule has 0 spiro atoms. The van der Waals surface area contributed by atoms with Crippen molar-refractivity contribution in [2.75, 3.05) is 11.9 Å². The van der Waals surface area contributed by atoms with Crippen LogP contribution in [-0.4, -0.2) is 12.0 Å². The van der Waals surface area contributed by atoms with E-state index >= 15 is 0 Å². The highest BCUT2D eigenvalue weighted by Gasteiger charge is 2.08. The summed E-state index contributed by atoms with van der Waals surface area (Å²) < 4.78 is 0. The molecule has 0 aliphatic heterocycles. The van der Waals surface area contributed by atoms with Gasteiger partial charge in [0.05, 0.1) is 5.02 Å². The molecule has 0 radical (unpaired) electrons. The summed E-state index contributed by atoms with van der Waals surface area (Å²) in [6.07, 6.45) is 0. The Balaban J connectivity index is 2.24. The van der Waals surface area contributed by atoms with Crippen molar-refractivity contribution in [2.24, 2.45) is 0 Å². The highest BCUT2D eigenvalue weighted by atomic mass is 35.5. The second kappa shape index (κ2) is 6.32. The summed E-state index contributed by atoms with van der Waals surface area (Å²) in [5.41, 5.74) is 1.17. The molecule has 1 aromatic carbocycles. The van der Waals surface area contributed by atoms with Crippen molar-refractivity contribution in [1.82, 2.24) is 4.98 Å². The van der Waals surface area contributed by atoms with Crippen LogP contribution >= 0.6 is 34.8 Å².